The summed E-state index contributed by atoms with van der Waals surface area (Å²) in [5, 5.41) is 2.69. The second-order valence-corrected chi connectivity index (χ2v) is 5.67. The van der Waals surface area contributed by atoms with Gasteiger partial charge in [-0.05, 0) is 24.0 Å². The first-order chi connectivity index (χ1) is 10.5. The maximum absolute atomic E-state index is 12.8. The fourth-order valence-electron chi connectivity index (χ4n) is 3.33. The van der Waals surface area contributed by atoms with Crippen LogP contribution in [0.2, 0.25) is 0 Å². The van der Waals surface area contributed by atoms with Gasteiger partial charge >= 0.3 is 5.97 Å². The maximum atomic E-state index is 12.8. The van der Waals surface area contributed by atoms with Crippen LogP contribution in [0.3, 0.4) is 0 Å². The molecule has 3 rings (SSSR count). The van der Waals surface area contributed by atoms with Crippen molar-refractivity contribution in [3.05, 3.63) is 29.3 Å². The van der Waals surface area contributed by atoms with Crippen LogP contribution in [-0.4, -0.2) is 37.0 Å². The second-order valence-electron chi connectivity index (χ2n) is 5.67. The molecule has 6 nitrogen and oxygen atoms in total. The van der Waals surface area contributed by atoms with E-state index in [1.165, 1.54) is 18.9 Å². The minimum Gasteiger partial charge on any atom is -0.467 e. The number of benzene rings is 1. The first kappa shape index (κ1) is 14.6. The molecule has 0 fully saturated rings. The van der Waals surface area contributed by atoms with Crippen LogP contribution >= 0.6 is 0 Å². The van der Waals surface area contributed by atoms with Crippen molar-refractivity contribution < 1.29 is 19.1 Å². The lowest BCUT2D eigenvalue weighted by molar-refractivity contribution is -0.143. The third kappa shape index (κ3) is 2.24. The van der Waals surface area contributed by atoms with Gasteiger partial charge < -0.3 is 10.1 Å². The Labute approximate surface area is 128 Å². The van der Waals surface area contributed by atoms with E-state index in [0.29, 0.717) is 19.3 Å². The summed E-state index contributed by atoms with van der Waals surface area (Å²) in [6.07, 6.45) is 1.66. The SMILES string of the molecule is COC(=O)C1Cc2cccc3c2N1C(=O)C(NC(C)=O)CC3. The molecule has 1 aromatic carbocycles. The highest BCUT2D eigenvalue weighted by molar-refractivity contribution is 6.06. The number of carbonyl (C=O) groups is 3. The first-order valence-corrected chi connectivity index (χ1v) is 7.31. The molecule has 2 heterocycles. The van der Waals surface area contributed by atoms with Gasteiger partial charge in [0, 0.05) is 13.3 Å². The van der Waals surface area contributed by atoms with Crippen molar-refractivity contribution in [3.63, 3.8) is 0 Å². The lowest BCUT2D eigenvalue weighted by Crippen LogP contribution is -2.52. The number of nitrogens with one attached hydrogen (secondary N) is 1. The molecule has 0 saturated carbocycles. The number of amides is 2. The zero-order chi connectivity index (χ0) is 15.9. The Hall–Kier alpha value is -2.37. The minimum absolute atomic E-state index is 0.241. The van der Waals surface area contributed by atoms with E-state index in [-0.39, 0.29) is 11.8 Å². The number of rotatable bonds is 2. The highest BCUT2D eigenvalue weighted by Crippen LogP contribution is 2.39. The fourth-order valence-corrected chi connectivity index (χ4v) is 3.33. The number of esters is 1. The van der Waals surface area contributed by atoms with Crippen LogP contribution < -0.4 is 10.2 Å². The fraction of sp³-hybridized carbons (Fsp3) is 0.438. The Balaban J connectivity index is 2.05. The molecule has 1 aromatic rings. The highest BCUT2D eigenvalue weighted by Gasteiger charge is 2.44. The molecule has 0 aliphatic carbocycles. The second kappa shape index (κ2) is 5.44. The maximum Gasteiger partial charge on any atom is 0.329 e. The zero-order valence-corrected chi connectivity index (χ0v) is 12.6. The molecule has 2 unspecified atom stereocenters. The van der Waals surface area contributed by atoms with Crippen LogP contribution in [0.25, 0.3) is 0 Å². The number of anilines is 1. The van der Waals surface area contributed by atoms with Gasteiger partial charge in [-0.15, -0.1) is 0 Å². The van der Waals surface area contributed by atoms with Crippen molar-refractivity contribution in [1.29, 1.82) is 0 Å². The van der Waals surface area contributed by atoms with Crippen molar-refractivity contribution in [3.8, 4) is 0 Å². The van der Waals surface area contributed by atoms with Crippen LogP contribution in [0.5, 0.6) is 0 Å². The monoisotopic (exact) mass is 302 g/mol. The van der Waals surface area contributed by atoms with Gasteiger partial charge in [-0.3, -0.25) is 14.5 Å². The molecule has 6 heteroatoms. The molecule has 0 radical (unpaired) electrons. The smallest absolute Gasteiger partial charge is 0.329 e. The Kier molecular flexibility index (Phi) is 3.60. The van der Waals surface area contributed by atoms with Crippen molar-refractivity contribution in [2.45, 2.75) is 38.3 Å². The molecule has 0 aromatic heterocycles. The van der Waals surface area contributed by atoms with Gasteiger partial charge in [-0.25, -0.2) is 4.79 Å². The van der Waals surface area contributed by atoms with E-state index in [9.17, 15) is 14.4 Å². The van der Waals surface area contributed by atoms with Gasteiger partial charge in [0.15, 0.2) is 0 Å². The third-order valence-corrected chi connectivity index (χ3v) is 4.26. The molecule has 0 bridgehead atoms. The summed E-state index contributed by atoms with van der Waals surface area (Å²) in [6.45, 7) is 1.39. The largest absolute Gasteiger partial charge is 0.467 e. The van der Waals surface area contributed by atoms with Crippen molar-refractivity contribution in [1.82, 2.24) is 5.32 Å². The predicted molar refractivity (Wildman–Crippen MR) is 79.4 cm³/mol. The van der Waals surface area contributed by atoms with Gasteiger partial charge in [-0.2, -0.15) is 0 Å². The molecule has 22 heavy (non-hydrogen) atoms. The van der Waals surface area contributed by atoms with Gasteiger partial charge in [-0.1, -0.05) is 18.2 Å². The third-order valence-electron chi connectivity index (χ3n) is 4.26. The van der Waals surface area contributed by atoms with Crippen LogP contribution in [0.1, 0.15) is 24.5 Å². The van der Waals surface area contributed by atoms with E-state index in [4.69, 9.17) is 4.74 Å². The Morgan fingerprint density at radius 3 is 2.73 bits per heavy atom. The number of methoxy groups -OCH3 is 1. The molecule has 2 aliphatic rings. The molecule has 0 spiro atoms. The summed E-state index contributed by atoms with van der Waals surface area (Å²) < 4.78 is 4.85. The Bertz CT molecular complexity index is 656. The minimum atomic E-state index is -0.650. The van der Waals surface area contributed by atoms with E-state index >= 15 is 0 Å². The molecule has 2 amide bonds. The lowest BCUT2D eigenvalue weighted by Gasteiger charge is -2.26. The number of hydrogen-bond acceptors (Lipinski definition) is 4. The Morgan fingerprint density at radius 1 is 1.32 bits per heavy atom. The van der Waals surface area contributed by atoms with Gasteiger partial charge in [0.25, 0.3) is 0 Å². The van der Waals surface area contributed by atoms with E-state index in [1.54, 1.807) is 0 Å². The topological polar surface area (TPSA) is 75.7 Å². The number of carbonyl (C=O) groups excluding carboxylic acids is 3. The number of hydrogen-bond donors (Lipinski definition) is 1. The van der Waals surface area contributed by atoms with E-state index < -0.39 is 18.1 Å². The highest BCUT2D eigenvalue weighted by atomic mass is 16.5. The average Bonchev–Trinajstić information content (AvgIpc) is 2.83. The molecule has 116 valence electrons. The van der Waals surface area contributed by atoms with Crippen LogP contribution in [0.15, 0.2) is 18.2 Å². The standard InChI is InChI=1S/C16H18N2O4/c1-9(19)17-12-7-6-10-4-3-5-11-8-13(16(21)22-2)18(14(10)11)15(12)20/h3-5,12-13H,6-8H2,1-2H3,(H,17,19). The lowest BCUT2D eigenvalue weighted by atomic mass is 10.0. The van der Waals surface area contributed by atoms with E-state index in [1.807, 2.05) is 18.2 Å². The quantitative estimate of drug-likeness (QED) is 0.810. The van der Waals surface area contributed by atoms with Gasteiger partial charge in [0.05, 0.1) is 12.8 Å². The van der Waals surface area contributed by atoms with Gasteiger partial charge in [0.2, 0.25) is 11.8 Å². The molecular weight excluding hydrogens is 284 g/mol. The molecule has 2 aliphatic heterocycles. The Morgan fingerprint density at radius 2 is 2.05 bits per heavy atom. The number of nitrogens with zero attached hydrogens (tertiary/aromatic N) is 1. The summed E-state index contributed by atoms with van der Waals surface area (Å²) in [6, 6.07) is 4.58. The molecule has 2 atom stereocenters. The molecular formula is C16H18N2O4. The van der Waals surface area contributed by atoms with Crippen LogP contribution in [-0.2, 0) is 32.0 Å². The summed E-state index contributed by atoms with van der Waals surface area (Å²) in [5.74, 6) is -0.924. The normalized spacial score (nSPS) is 22.8. The number of para-hydroxylation sites is 1. The van der Waals surface area contributed by atoms with Crippen molar-refractivity contribution in [2.75, 3.05) is 12.0 Å². The van der Waals surface area contributed by atoms with Gasteiger partial charge in [0.1, 0.15) is 12.1 Å². The van der Waals surface area contributed by atoms with E-state index in [2.05, 4.69) is 5.32 Å². The van der Waals surface area contributed by atoms with Crippen molar-refractivity contribution in [2.24, 2.45) is 0 Å². The van der Waals surface area contributed by atoms with Crippen LogP contribution in [0.4, 0.5) is 5.69 Å². The molecule has 1 N–H and O–H groups in total. The van der Waals surface area contributed by atoms with E-state index in [0.717, 1.165) is 16.8 Å². The van der Waals surface area contributed by atoms with Crippen molar-refractivity contribution >= 4 is 23.5 Å². The summed E-state index contributed by atoms with van der Waals surface area (Å²) >= 11 is 0. The number of ether oxygens (including phenoxy) is 1. The summed E-state index contributed by atoms with van der Waals surface area (Å²) in [4.78, 5) is 37.8. The van der Waals surface area contributed by atoms with Crippen LogP contribution in [0, 0.1) is 0 Å². The first-order valence-electron chi connectivity index (χ1n) is 7.31. The predicted octanol–water partition coefficient (Wildman–Crippen LogP) is 0.568. The number of aryl methyl sites for hydroxylation is 1. The summed E-state index contributed by atoms with van der Waals surface area (Å²) in [7, 11) is 1.32. The zero-order valence-electron chi connectivity index (χ0n) is 12.6. The average molecular weight is 302 g/mol. The summed E-state index contributed by atoms with van der Waals surface area (Å²) in [5.41, 5.74) is 2.82. The molecule has 0 saturated heterocycles.